The molecule has 90 valence electrons. The molecule has 0 aliphatic carbocycles. The molecular formula is C8H10O6S2. The third-order valence-corrected chi connectivity index (χ3v) is 3.98. The molecule has 1 rings (SSSR count). The molecule has 8 heteroatoms. The SMILES string of the molecule is Cc1cc(S(=O)(=O)O)cc(C)c1S(=O)(=O)O. The van der Waals surface area contributed by atoms with Crippen molar-refractivity contribution in [2.75, 3.05) is 0 Å². The van der Waals surface area contributed by atoms with Gasteiger partial charge in [-0.25, -0.2) is 0 Å². The lowest BCUT2D eigenvalue weighted by atomic mass is 10.2. The molecule has 0 bridgehead atoms. The molecule has 0 radical (unpaired) electrons. The first kappa shape index (κ1) is 13.1. The molecule has 16 heavy (non-hydrogen) atoms. The van der Waals surface area contributed by atoms with E-state index in [1.807, 2.05) is 0 Å². The second kappa shape index (κ2) is 3.81. The fraction of sp³-hybridized carbons (Fsp3) is 0.250. The van der Waals surface area contributed by atoms with Gasteiger partial charge in [0, 0.05) is 0 Å². The van der Waals surface area contributed by atoms with Crippen LogP contribution in [0.2, 0.25) is 0 Å². The van der Waals surface area contributed by atoms with E-state index in [-0.39, 0.29) is 16.0 Å². The van der Waals surface area contributed by atoms with Crippen molar-refractivity contribution >= 4 is 20.2 Å². The Morgan fingerprint density at radius 3 is 1.50 bits per heavy atom. The predicted molar refractivity (Wildman–Crippen MR) is 55.5 cm³/mol. The van der Waals surface area contributed by atoms with Crippen molar-refractivity contribution in [2.24, 2.45) is 0 Å². The Kier molecular flexibility index (Phi) is 3.12. The van der Waals surface area contributed by atoms with Crippen LogP contribution in [0.15, 0.2) is 21.9 Å². The fourth-order valence-corrected chi connectivity index (χ4v) is 3.05. The van der Waals surface area contributed by atoms with Crippen LogP contribution in [0.25, 0.3) is 0 Å². The molecule has 1 aromatic carbocycles. The molecule has 0 aliphatic heterocycles. The summed E-state index contributed by atoms with van der Waals surface area (Å²) in [5, 5.41) is 0. The second-order valence-electron chi connectivity index (χ2n) is 3.34. The summed E-state index contributed by atoms with van der Waals surface area (Å²) in [6.07, 6.45) is 0. The molecule has 0 fully saturated rings. The van der Waals surface area contributed by atoms with Crippen LogP contribution in [0.3, 0.4) is 0 Å². The Balaban J connectivity index is 3.66. The van der Waals surface area contributed by atoms with Crippen molar-refractivity contribution in [2.45, 2.75) is 23.6 Å². The molecular weight excluding hydrogens is 256 g/mol. The fourth-order valence-electron chi connectivity index (χ4n) is 1.47. The summed E-state index contributed by atoms with van der Waals surface area (Å²) < 4.78 is 61.3. The maximum absolute atomic E-state index is 11.0. The van der Waals surface area contributed by atoms with Crippen molar-refractivity contribution in [1.82, 2.24) is 0 Å². The quantitative estimate of drug-likeness (QED) is 0.766. The van der Waals surface area contributed by atoms with Gasteiger partial charge in [0.05, 0.1) is 9.79 Å². The third kappa shape index (κ3) is 2.59. The van der Waals surface area contributed by atoms with Gasteiger partial charge in [0.15, 0.2) is 0 Å². The van der Waals surface area contributed by atoms with E-state index in [9.17, 15) is 16.8 Å². The Hall–Kier alpha value is -0.960. The minimum atomic E-state index is -4.40. The first-order valence-corrected chi connectivity index (χ1v) is 6.97. The van der Waals surface area contributed by atoms with Crippen LogP contribution in [-0.2, 0) is 20.2 Å². The van der Waals surface area contributed by atoms with Gasteiger partial charge in [-0.15, -0.1) is 0 Å². The van der Waals surface area contributed by atoms with Gasteiger partial charge in [0.25, 0.3) is 20.2 Å². The van der Waals surface area contributed by atoms with Gasteiger partial charge in [0.2, 0.25) is 0 Å². The van der Waals surface area contributed by atoms with Crippen LogP contribution >= 0.6 is 0 Å². The van der Waals surface area contributed by atoms with E-state index in [1.165, 1.54) is 13.8 Å². The zero-order valence-electron chi connectivity index (χ0n) is 8.50. The van der Waals surface area contributed by atoms with E-state index < -0.39 is 25.1 Å². The van der Waals surface area contributed by atoms with Gasteiger partial charge in [-0.3, -0.25) is 9.11 Å². The van der Waals surface area contributed by atoms with Crippen LogP contribution in [0.4, 0.5) is 0 Å². The lowest BCUT2D eigenvalue weighted by Gasteiger charge is -2.08. The van der Waals surface area contributed by atoms with E-state index in [4.69, 9.17) is 9.11 Å². The summed E-state index contributed by atoms with van der Waals surface area (Å²) in [5.41, 5.74) is 0.102. The van der Waals surface area contributed by atoms with Gasteiger partial charge in [-0.1, -0.05) is 0 Å². The van der Waals surface area contributed by atoms with Crippen molar-refractivity contribution in [1.29, 1.82) is 0 Å². The van der Waals surface area contributed by atoms with Gasteiger partial charge < -0.3 is 0 Å². The van der Waals surface area contributed by atoms with Crippen molar-refractivity contribution in [3.05, 3.63) is 23.3 Å². The number of hydrogen-bond acceptors (Lipinski definition) is 4. The zero-order chi connectivity index (χ0) is 12.7. The minimum Gasteiger partial charge on any atom is -0.282 e. The molecule has 0 saturated heterocycles. The van der Waals surface area contributed by atoms with Gasteiger partial charge in [0.1, 0.15) is 0 Å². The summed E-state index contributed by atoms with van der Waals surface area (Å²) in [6.45, 7) is 2.65. The highest BCUT2D eigenvalue weighted by molar-refractivity contribution is 7.86. The third-order valence-electron chi connectivity index (χ3n) is 1.99. The average Bonchev–Trinajstić information content (AvgIpc) is 1.97. The van der Waals surface area contributed by atoms with Gasteiger partial charge >= 0.3 is 0 Å². The summed E-state index contributed by atoms with van der Waals surface area (Å²) in [4.78, 5) is -0.755. The average molecular weight is 266 g/mol. The van der Waals surface area contributed by atoms with E-state index in [0.29, 0.717) is 0 Å². The molecule has 0 atom stereocenters. The molecule has 0 spiro atoms. The maximum Gasteiger partial charge on any atom is 0.295 e. The molecule has 0 saturated carbocycles. The summed E-state index contributed by atoms with van der Waals surface area (Å²) in [7, 11) is -8.79. The zero-order valence-corrected chi connectivity index (χ0v) is 10.1. The monoisotopic (exact) mass is 266 g/mol. The largest absolute Gasteiger partial charge is 0.295 e. The highest BCUT2D eigenvalue weighted by atomic mass is 32.2. The van der Waals surface area contributed by atoms with E-state index in [0.717, 1.165) is 12.1 Å². The minimum absolute atomic E-state index is 0.0510. The number of rotatable bonds is 2. The van der Waals surface area contributed by atoms with Crippen LogP contribution < -0.4 is 0 Å². The number of hydrogen-bond donors (Lipinski definition) is 2. The van der Waals surface area contributed by atoms with Crippen LogP contribution in [0.1, 0.15) is 11.1 Å². The smallest absolute Gasteiger partial charge is 0.282 e. The van der Waals surface area contributed by atoms with E-state index >= 15 is 0 Å². The van der Waals surface area contributed by atoms with E-state index in [2.05, 4.69) is 0 Å². The molecule has 0 unspecified atom stereocenters. The number of aryl methyl sites for hydroxylation is 2. The lowest BCUT2D eigenvalue weighted by Crippen LogP contribution is -2.07. The van der Waals surface area contributed by atoms with Crippen LogP contribution in [0, 0.1) is 13.8 Å². The Bertz CT molecular complexity index is 603. The normalized spacial score (nSPS) is 12.8. The van der Waals surface area contributed by atoms with Crippen LogP contribution in [0.5, 0.6) is 0 Å². The van der Waals surface area contributed by atoms with Gasteiger partial charge in [-0.05, 0) is 37.1 Å². The standard InChI is InChI=1S/C8H10O6S2/c1-5-3-7(15(9,10)11)4-6(2)8(5)16(12,13)14/h3-4H,1-2H3,(H,9,10,11)(H,12,13,14). The van der Waals surface area contributed by atoms with Crippen molar-refractivity contribution < 1.29 is 25.9 Å². The highest BCUT2D eigenvalue weighted by Gasteiger charge is 2.20. The van der Waals surface area contributed by atoms with Gasteiger partial charge in [-0.2, -0.15) is 16.8 Å². The molecule has 0 aromatic heterocycles. The summed E-state index contributed by atoms with van der Waals surface area (Å²) in [6, 6.07) is 1.96. The predicted octanol–water partition coefficient (Wildman–Crippen LogP) is 0.797. The topological polar surface area (TPSA) is 109 Å². The first-order chi connectivity index (χ1) is 7.03. The first-order valence-electron chi connectivity index (χ1n) is 4.09. The number of benzene rings is 1. The molecule has 1 aromatic rings. The summed E-state index contributed by atoms with van der Waals surface area (Å²) in [5.74, 6) is 0. The molecule has 0 amide bonds. The Morgan fingerprint density at radius 1 is 0.875 bits per heavy atom. The highest BCUT2D eigenvalue weighted by Crippen LogP contribution is 2.23. The maximum atomic E-state index is 11.0. The summed E-state index contributed by atoms with van der Waals surface area (Å²) >= 11 is 0. The van der Waals surface area contributed by atoms with Crippen LogP contribution in [-0.4, -0.2) is 25.9 Å². The Morgan fingerprint density at radius 2 is 1.25 bits per heavy atom. The molecule has 0 heterocycles. The second-order valence-corrected chi connectivity index (χ2v) is 6.12. The van der Waals surface area contributed by atoms with Crippen molar-refractivity contribution in [3.8, 4) is 0 Å². The molecule has 6 nitrogen and oxygen atoms in total. The molecule has 0 aliphatic rings. The Labute approximate surface area is 93.4 Å². The van der Waals surface area contributed by atoms with Crippen molar-refractivity contribution in [3.63, 3.8) is 0 Å². The lowest BCUT2D eigenvalue weighted by molar-refractivity contribution is 0.477. The molecule has 2 N–H and O–H groups in total. The van der Waals surface area contributed by atoms with E-state index in [1.54, 1.807) is 0 Å².